The highest BCUT2D eigenvalue weighted by molar-refractivity contribution is 5.79. The summed E-state index contributed by atoms with van der Waals surface area (Å²) >= 11 is 0. The Balaban J connectivity index is 2.00. The predicted octanol–water partition coefficient (Wildman–Crippen LogP) is 1.79. The highest BCUT2D eigenvalue weighted by Crippen LogP contribution is 2.30. The molecule has 5 rings (SSSR count). The van der Waals surface area contributed by atoms with Crippen LogP contribution in [0.4, 0.5) is 0 Å². The molecule has 0 radical (unpaired) electrons. The number of oxazole rings is 1. The Labute approximate surface area is 107 Å². The van der Waals surface area contributed by atoms with Crippen molar-refractivity contribution in [3.63, 3.8) is 0 Å². The Morgan fingerprint density at radius 1 is 1.16 bits per heavy atom. The third kappa shape index (κ3) is 1.03. The number of nitrogens with zero attached hydrogens (tertiary/aromatic N) is 4. The molecule has 0 saturated heterocycles. The fourth-order valence-electron chi connectivity index (χ4n) is 2.87. The molecule has 0 saturated carbocycles. The Hall–Kier alpha value is -2.69. The van der Waals surface area contributed by atoms with E-state index < -0.39 is 0 Å². The third-order valence-electron chi connectivity index (χ3n) is 3.68. The number of rotatable bonds is 0. The first-order valence-electron chi connectivity index (χ1n) is 6.12. The summed E-state index contributed by atoms with van der Waals surface area (Å²) in [7, 11) is 0. The minimum absolute atomic E-state index is 0.840. The second-order valence-electron chi connectivity index (χ2n) is 4.73. The number of hydrogen-bond acceptors (Lipinski definition) is 3. The van der Waals surface area contributed by atoms with Crippen LogP contribution in [-0.2, 0) is 6.54 Å². The molecule has 5 heterocycles. The van der Waals surface area contributed by atoms with E-state index in [-0.39, 0.29) is 0 Å². The molecule has 4 aromatic rings. The minimum Gasteiger partial charge on any atom is -0.415 e. The molecule has 1 aliphatic heterocycles. The molecule has 0 aromatic carbocycles. The summed E-state index contributed by atoms with van der Waals surface area (Å²) in [5, 5.41) is 0. The molecular formula is C14H9N4O+. The maximum absolute atomic E-state index is 5.85. The van der Waals surface area contributed by atoms with Gasteiger partial charge in [-0.3, -0.25) is 9.97 Å². The molecule has 0 N–H and O–H groups in total. The summed E-state index contributed by atoms with van der Waals surface area (Å²) in [6, 6.07) is 3.95. The average Bonchev–Trinajstić information content (AvgIpc) is 3.04. The van der Waals surface area contributed by atoms with Gasteiger partial charge in [0.2, 0.25) is 0 Å². The van der Waals surface area contributed by atoms with Crippen LogP contribution in [0.1, 0.15) is 5.56 Å². The van der Waals surface area contributed by atoms with Crippen LogP contribution in [0.3, 0.4) is 0 Å². The summed E-state index contributed by atoms with van der Waals surface area (Å²) in [4.78, 5) is 8.42. The van der Waals surface area contributed by atoms with Crippen LogP contribution in [0.2, 0.25) is 0 Å². The lowest BCUT2D eigenvalue weighted by Gasteiger charge is -1.91. The van der Waals surface area contributed by atoms with Crippen LogP contribution in [0.5, 0.6) is 0 Å². The van der Waals surface area contributed by atoms with Gasteiger partial charge in [0, 0.05) is 30.2 Å². The molecular weight excluding hydrogens is 240 g/mol. The van der Waals surface area contributed by atoms with Crippen LogP contribution in [-0.4, -0.2) is 14.4 Å². The van der Waals surface area contributed by atoms with Gasteiger partial charge in [0.05, 0.1) is 11.8 Å². The molecule has 5 nitrogen and oxygen atoms in total. The van der Waals surface area contributed by atoms with E-state index in [4.69, 9.17) is 4.42 Å². The largest absolute Gasteiger partial charge is 0.415 e. The fourth-order valence-corrected chi connectivity index (χ4v) is 2.87. The van der Waals surface area contributed by atoms with Gasteiger partial charge in [-0.25, -0.2) is 4.57 Å². The van der Waals surface area contributed by atoms with Gasteiger partial charge in [0.25, 0.3) is 5.82 Å². The van der Waals surface area contributed by atoms with Crippen LogP contribution in [0, 0.1) is 0 Å². The molecule has 0 unspecified atom stereocenters. The normalized spacial score (nSPS) is 13.1. The van der Waals surface area contributed by atoms with Crippen LogP contribution < -0.4 is 4.57 Å². The van der Waals surface area contributed by atoms with Gasteiger partial charge < -0.3 is 4.42 Å². The number of aromatic nitrogens is 4. The lowest BCUT2D eigenvalue weighted by molar-refractivity contribution is -0.670. The van der Waals surface area contributed by atoms with Crippen molar-refractivity contribution in [2.45, 2.75) is 6.54 Å². The monoisotopic (exact) mass is 249 g/mol. The van der Waals surface area contributed by atoms with E-state index in [1.165, 1.54) is 5.56 Å². The Bertz CT molecular complexity index is 951. The van der Waals surface area contributed by atoms with Gasteiger partial charge in [0.15, 0.2) is 17.3 Å². The lowest BCUT2D eigenvalue weighted by Crippen LogP contribution is -2.29. The van der Waals surface area contributed by atoms with E-state index in [1.54, 1.807) is 6.20 Å². The van der Waals surface area contributed by atoms with E-state index in [2.05, 4.69) is 25.0 Å². The molecule has 0 bridgehead atoms. The minimum atomic E-state index is 0.840. The fraction of sp³-hybridized carbons (Fsp3) is 0.0714. The van der Waals surface area contributed by atoms with Crippen molar-refractivity contribution in [1.82, 2.24) is 14.4 Å². The van der Waals surface area contributed by atoms with Crippen molar-refractivity contribution in [3.8, 4) is 11.4 Å². The molecule has 0 atom stereocenters. The number of hydrogen-bond donors (Lipinski definition) is 0. The Morgan fingerprint density at radius 2 is 2.05 bits per heavy atom. The maximum Gasteiger partial charge on any atom is 0.336 e. The van der Waals surface area contributed by atoms with Crippen LogP contribution >= 0.6 is 0 Å². The van der Waals surface area contributed by atoms with Crippen molar-refractivity contribution in [2.75, 3.05) is 0 Å². The molecule has 5 heteroatoms. The molecule has 90 valence electrons. The zero-order valence-corrected chi connectivity index (χ0v) is 9.95. The van der Waals surface area contributed by atoms with E-state index in [0.717, 1.165) is 34.7 Å². The zero-order chi connectivity index (χ0) is 12.4. The lowest BCUT2D eigenvalue weighted by atomic mass is 10.2. The number of imidazole rings is 1. The quantitative estimate of drug-likeness (QED) is 0.393. The van der Waals surface area contributed by atoms with Crippen LogP contribution in [0.15, 0.2) is 47.5 Å². The van der Waals surface area contributed by atoms with E-state index in [0.29, 0.717) is 0 Å². The van der Waals surface area contributed by atoms with Gasteiger partial charge in [-0.2, -0.15) is 4.40 Å². The molecule has 0 spiro atoms. The van der Waals surface area contributed by atoms with E-state index in [1.807, 2.05) is 30.9 Å². The Morgan fingerprint density at radius 3 is 3.05 bits per heavy atom. The molecule has 0 fully saturated rings. The van der Waals surface area contributed by atoms with Crippen molar-refractivity contribution in [2.24, 2.45) is 0 Å². The van der Waals surface area contributed by atoms with Crippen molar-refractivity contribution in [1.29, 1.82) is 0 Å². The standard InChI is InChI=1S/C14H9N4O/c1-3-15-5-10-9(1)7-17-8-13-18(14(10)17)11-6-16-4-2-12(11)19-13/h1-6,8H,7H2/q+1. The number of fused-ring (bicyclic) bond motifs is 7. The van der Waals surface area contributed by atoms with E-state index >= 15 is 0 Å². The van der Waals surface area contributed by atoms with Crippen molar-refractivity contribution < 1.29 is 8.98 Å². The SMILES string of the molecule is c1cc2c(cn1)-c1n3c(c[n+]1C2)oc1ccncc13. The van der Waals surface area contributed by atoms with Gasteiger partial charge in [-0.15, -0.1) is 0 Å². The molecule has 19 heavy (non-hydrogen) atoms. The first-order valence-corrected chi connectivity index (χ1v) is 6.12. The zero-order valence-electron chi connectivity index (χ0n) is 9.95. The van der Waals surface area contributed by atoms with Gasteiger partial charge in [-0.05, 0) is 6.07 Å². The van der Waals surface area contributed by atoms with Crippen molar-refractivity contribution in [3.05, 3.63) is 48.7 Å². The predicted molar refractivity (Wildman–Crippen MR) is 67.5 cm³/mol. The van der Waals surface area contributed by atoms with Gasteiger partial charge in [0.1, 0.15) is 6.54 Å². The Kier molecular flexibility index (Phi) is 1.46. The highest BCUT2D eigenvalue weighted by atomic mass is 16.3. The molecule has 1 aliphatic rings. The van der Waals surface area contributed by atoms with Gasteiger partial charge in [-0.1, -0.05) is 0 Å². The number of pyridine rings is 2. The topological polar surface area (TPSA) is 47.2 Å². The second kappa shape index (κ2) is 3.00. The first-order chi connectivity index (χ1) is 9.42. The average molecular weight is 249 g/mol. The summed E-state index contributed by atoms with van der Waals surface area (Å²) in [5.41, 5.74) is 5.13. The van der Waals surface area contributed by atoms with Crippen molar-refractivity contribution >= 4 is 16.8 Å². The molecule has 4 aromatic heterocycles. The van der Waals surface area contributed by atoms with E-state index in [9.17, 15) is 0 Å². The van der Waals surface area contributed by atoms with Gasteiger partial charge >= 0.3 is 5.71 Å². The van der Waals surface area contributed by atoms with Crippen LogP contribution in [0.25, 0.3) is 28.2 Å². The smallest absolute Gasteiger partial charge is 0.336 e. The first kappa shape index (κ1) is 9.27. The summed E-state index contributed by atoms with van der Waals surface area (Å²) in [5.74, 6) is 1.12. The summed E-state index contributed by atoms with van der Waals surface area (Å²) in [6.45, 7) is 0.867. The summed E-state index contributed by atoms with van der Waals surface area (Å²) < 4.78 is 10.1. The summed E-state index contributed by atoms with van der Waals surface area (Å²) in [6.07, 6.45) is 9.36. The third-order valence-corrected chi connectivity index (χ3v) is 3.68. The maximum atomic E-state index is 5.85. The molecule has 0 aliphatic carbocycles. The highest BCUT2D eigenvalue weighted by Gasteiger charge is 2.33. The second-order valence-corrected chi connectivity index (χ2v) is 4.73. The molecule has 0 amide bonds.